The average molecular weight is 354 g/mol. The van der Waals surface area contributed by atoms with Crippen LogP contribution in [0, 0.1) is 0 Å². The largest absolute Gasteiger partial charge is 0.490 e. The Morgan fingerprint density at radius 3 is 1.38 bits per heavy atom. The molecule has 0 saturated carbocycles. The van der Waals surface area contributed by atoms with E-state index in [1.807, 2.05) is 12.2 Å². The highest BCUT2D eigenvalue weighted by Crippen LogP contribution is 2.16. The van der Waals surface area contributed by atoms with Crippen molar-refractivity contribution in [1.29, 1.82) is 0 Å². The Morgan fingerprint density at radius 1 is 0.731 bits per heavy atom. The summed E-state index contributed by atoms with van der Waals surface area (Å²) >= 11 is 0. The molecule has 2 amide bonds. The molecule has 2 N–H and O–H groups in total. The minimum absolute atomic E-state index is 0.105. The third-order valence-electron chi connectivity index (χ3n) is 3.21. The number of nitrogens with one attached hydrogen (secondary N) is 2. The molecule has 0 radical (unpaired) electrons. The van der Waals surface area contributed by atoms with Gasteiger partial charge in [-0.2, -0.15) is 0 Å². The van der Waals surface area contributed by atoms with E-state index in [2.05, 4.69) is 10.6 Å². The van der Waals surface area contributed by atoms with Crippen LogP contribution in [-0.4, -0.2) is 25.0 Å². The molecular weight excluding hydrogens is 332 g/mol. The summed E-state index contributed by atoms with van der Waals surface area (Å²) in [5.74, 6) is 1.23. The summed E-state index contributed by atoms with van der Waals surface area (Å²) in [6.45, 7) is 3.78. The molecule has 0 aliphatic heterocycles. The van der Waals surface area contributed by atoms with E-state index in [4.69, 9.17) is 9.47 Å². The van der Waals surface area contributed by atoms with Crippen molar-refractivity contribution < 1.29 is 19.1 Å². The maximum Gasteiger partial charge on any atom is 0.221 e. The standard InChI is InChI=1S/C20H22N2O4/c1-15(23)21-17-5-9-19(10-6-17)25-13-3-4-14-26-20-11-7-18(8-12-20)22-16(2)24/h3-12H,13-14H2,1-2H3,(H,21,23)(H,22,24)/b4-3+. The lowest BCUT2D eigenvalue weighted by Crippen LogP contribution is -2.05. The summed E-state index contributed by atoms with van der Waals surface area (Å²) in [5.41, 5.74) is 1.47. The van der Waals surface area contributed by atoms with Gasteiger partial charge in [0.15, 0.2) is 0 Å². The molecule has 0 bridgehead atoms. The molecule has 0 aliphatic rings. The van der Waals surface area contributed by atoms with E-state index in [0.717, 1.165) is 22.9 Å². The first kappa shape index (κ1) is 19.1. The van der Waals surface area contributed by atoms with Gasteiger partial charge in [-0.05, 0) is 60.7 Å². The van der Waals surface area contributed by atoms with E-state index in [1.54, 1.807) is 48.5 Å². The molecule has 0 aliphatic carbocycles. The minimum Gasteiger partial charge on any atom is -0.490 e. The van der Waals surface area contributed by atoms with Gasteiger partial charge in [0, 0.05) is 25.2 Å². The number of hydrogen-bond donors (Lipinski definition) is 2. The summed E-state index contributed by atoms with van der Waals surface area (Å²) in [4.78, 5) is 21.9. The van der Waals surface area contributed by atoms with Gasteiger partial charge >= 0.3 is 0 Å². The number of benzene rings is 2. The van der Waals surface area contributed by atoms with Crippen molar-refractivity contribution in [3.63, 3.8) is 0 Å². The maximum atomic E-state index is 11.0. The maximum absolute atomic E-state index is 11.0. The molecule has 0 heterocycles. The van der Waals surface area contributed by atoms with Crippen molar-refractivity contribution in [2.75, 3.05) is 23.8 Å². The van der Waals surface area contributed by atoms with Gasteiger partial charge in [0.05, 0.1) is 0 Å². The topological polar surface area (TPSA) is 76.7 Å². The Labute approximate surface area is 152 Å². The fourth-order valence-corrected chi connectivity index (χ4v) is 2.10. The molecule has 6 heteroatoms. The van der Waals surface area contributed by atoms with E-state index in [9.17, 15) is 9.59 Å². The second kappa shape index (κ2) is 9.88. The molecule has 0 saturated heterocycles. The molecule has 2 aromatic rings. The summed E-state index contributed by atoms with van der Waals surface area (Å²) in [6, 6.07) is 14.3. The third-order valence-corrected chi connectivity index (χ3v) is 3.21. The van der Waals surface area contributed by atoms with E-state index in [-0.39, 0.29) is 11.8 Å². The Morgan fingerprint density at radius 2 is 1.08 bits per heavy atom. The first-order chi connectivity index (χ1) is 12.5. The van der Waals surface area contributed by atoms with E-state index < -0.39 is 0 Å². The van der Waals surface area contributed by atoms with Crippen molar-refractivity contribution in [3.8, 4) is 11.5 Å². The first-order valence-corrected chi connectivity index (χ1v) is 8.19. The van der Waals surface area contributed by atoms with Crippen LogP contribution in [0.15, 0.2) is 60.7 Å². The van der Waals surface area contributed by atoms with Gasteiger partial charge in [-0.1, -0.05) is 0 Å². The Balaban J connectivity index is 1.67. The van der Waals surface area contributed by atoms with Crippen molar-refractivity contribution >= 4 is 23.2 Å². The second-order valence-corrected chi connectivity index (χ2v) is 5.50. The van der Waals surface area contributed by atoms with Crippen molar-refractivity contribution in [1.82, 2.24) is 0 Å². The van der Waals surface area contributed by atoms with Crippen LogP contribution in [0.25, 0.3) is 0 Å². The summed E-state index contributed by atoms with van der Waals surface area (Å²) in [6.07, 6.45) is 3.74. The van der Waals surface area contributed by atoms with Crippen LogP contribution >= 0.6 is 0 Å². The molecular formula is C20H22N2O4. The minimum atomic E-state index is -0.105. The van der Waals surface area contributed by atoms with Gasteiger partial charge < -0.3 is 20.1 Å². The molecule has 2 aromatic carbocycles. The SMILES string of the molecule is CC(=O)Nc1ccc(OC/C=C/COc2ccc(NC(C)=O)cc2)cc1. The summed E-state index contributed by atoms with van der Waals surface area (Å²) in [7, 11) is 0. The average Bonchev–Trinajstić information content (AvgIpc) is 2.60. The van der Waals surface area contributed by atoms with Gasteiger partial charge in [-0.15, -0.1) is 0 Å². The number of anilines is 2. The number of carbonyl (C=O) groups excluding carboxylic acids is 2. The van der Waals surface area contributed by atoms with Crippen LogP contribution in [0.3, 0.4) is 0 Å². The molecule has 6 nitrogen and oxygen atoms in total. The van der Waals surface area contributed by atoms with Gasteiger partial charge in [-0.3, -0.25) is 9.59 Å². The van der Waals surface area contributed by atoms with Crippen LogP contribution in [0.5, 0.6) is 11.5 Å². The van der Waals surface area contributed by atoms with E-state index in [0.29, 0.717) is 13.2 Å². The predicted molar refractivity (Wildman–Crippen MR) is 102 cm³/mol. The number of carbonyl (C=O) groups is 2. The fraction of sp³-hybridized carbons (Fsp3) is 0.200. The molecule has 136 valence electrons. The van der Waals surface area contributed by atoms with Crippen molar-refractivity contribution in [3.05, 3.63) is 60.7 Å². The molecule has 26 heavy (non-hydrogen) atoms. The third kappa shape index (κ3) is 7.09. The fourth-order valence-electron chi connectivity index (χ4n) is 2.10. The van der Waals surface area contributed by atoms with Crippen LogP contribution in [0.2, 0.25) is 0 Å². The number of amides is 2. The molecule has 0 atom stereocenters. The predicted octanol–water partition coefficient (Wildman–Crippen LogP) is 3.62. The molecule has 0 fully saturated rings. The smallest absolute Gasteiger partial charge is 0.221 e. The summed E-state index contributed by atoms with van der Waals surface area (Å²) < 4.78 is 11.2. The van der Waals surface area contributed by atoms with Crippen LogP contribution < -0.4 is 20.1 Å². The van der Waals surface area contributed by atoms with Gasteiger partial charge in [-0.25, -0.2) is 0 Å². The lowest BCUT2D eigenvalue weighted by atomic mass is 10.3. The number of rotatable bonds is 8. The highest BCUT2D eigenvalue weighted by Gasteiger charge is 1.97. The highest BCUT2D eigenvalue weighted by molar-refractivity contribution is 5.89. The van der Waals surface area contributed by atoms with Crippen LogP contribution in [0.4, 0.5) is 11.4 Å². The van der Waals surface area contributed by atoms with Gasteiger partial charge in [0.1, 0.15) is 24.7 Å². The zero-order chi connectivity index (χ0) is 18.8. The second-order valence-electron chi connectivity index (χ2n) is 5.50. The van der Waals surface area contributed by atoms with E-state index in [1.165, 1.54) is 13.8 Å². The monoisotopic (exact) mass is 354 g/mol. The Hall–Kier alpha value is -3.28. The Bertz CT molecular complexity index is 687. The number of hydrogen-bond acceptors (Lipinski definition) is 4. The van der Waals surface area contributed by atoms with Crippen molar-refractivity contribution in [2.45, 2.75) is 13.8 Å². The summed E-state index contributed by atoms with van der Waals surface area (Å²) in [5, 5.41) is 5.40. The van der Waals surface area contributed by atoms with Gasteiger partial charge in [0.2, 0.25) is 11.8 Å². The number of ether oxygens (including phenoxy) is 2. The normalized spacial score (nSPS) is 10.4. The zero-order valence-electron chi connectivity index (χ0n) is 14.8. The van der Waals surface area contributed by atoms with Crippen LogP contribution in [0.1, 0.15) is 13.8 Å². The lowest BCUT2D eigenvalue weighted by molar-refractivity contribution is -0.115. The quantitative estimate of drug-likeness (QED) is 0.710. The van der Waals surface area contributed by atoms with Crippen LogP contribution in [-0.2, 0) is 9.59 Å². The van der Waals surface area contributed by atoms with Crippen molar-refractivity contribution in [2.24, 2.45) is 0 Å². The molecule has 2 rings (SSSR count). The highest BCUT2D eigenvalue weighted by atomic mass is 16.5. The molecule has 0 unspecified atom stereocenters. The lowest BCUT2D eigenvalue weighted by Gasteiger charge is -2.06. The first-order valence-electron chi connectivity index (χ1n) is 8.19. The van der Waals surface area contributed by atoms with Gasteiger partial charge in [0.25, 0.3) is 0 Å². The zero-order valence-corrected chi connectivity index (χ0v) is 14.8. The molecule has 0 spiro atoms. The van der Waals surface area contributed by atoms with E-state index >= 15 is 0 Å². The molecule has 0 aromatic heterocycles. The Kier molecular flexibility index (Phi) is 7.24.